The summed E-state index contributed by atoms with van der Waals surface area (Å²) in [5.74, 6) is -0.485. The number of nitrogens with two attached hydrogens (primary N) is 2. The van der Waals surface area contributed by atoms with Crippen molar-refractivity contribution in [1.29, 1.82) is 0 Å². The standard InChI is InChI=1S/C13H19N3O/c1-13(5-2-6-13)8-16-9-3-4-11(14)10(7-9)12(15)17/h3-4,7,16H,2,5-6,8,14H2,1H3,(H2,15,17). The van der Waals surface area contributed by atoms with Gasteiger partial charge in [-0.2, -0.15) is 0 Å². The molecule has 0 bridgehead atoms. The third-order valence-electron chi connectivity index (χ3n) is 3.60. The van der Waals surface area contributed by atoms with Gasteiger partial charge in [0.25, 0.3) is 5.91 Å². The van der Waals surface area contributed by atoms with Gasteiger partial charge in [-0.3, -0.25) is 4.79 Å². The quantitative estimate of drug-likeness (QED) is 0.695. The van der Waals surface area contributed by atoms with Gasteiger partial charge in [-0.05, 0) is 36.5 Å². The largest absolute Gasteiger partial charge is 0.398 e. The Bertz CT molecular complexity index is 438. The highest BCUT2D eigenvalue weighted by Gasteiger charge is 2.31. The minimum absolute atomic E-state index is 0.383. The minimum atomic E-state index is -0.485. The summed E-state index contributed by atoms with van der Waals surface area (Å²) in [6.07, 6.45) is 3.84. The fraction of sp³-hybridized carbons (Fsp3) is 0.462. The third-order valence-corrected chi connectivity index (χ3v) is 3.60. The molecule has 2 rings (SSSR count). The van der Waals surface area contributed by atoms with E-state index in [1.807, 2.05) is 6.07 Å². The van der Waals surface area contributed by atoms with Gasteiger partial charge in [0.1, 0.15) is 0 Å². The monoisotopic (exact) mass is 233 g/mol. The summed E-state index contributed by atoms with van der Waals surface area (Å²) >= 11 is 0. The molecule has 0 aliphatic heterocycles. The summed E-state index contributed by atoms with van der Waals surface area (Å²) in [4.78, 5) is 11.2. The van der Waals surface area contributed by atoms with Gasteiger partial charge in [-0.25, -0.2) is 0 Å². The van der Waals surface area contributed by atoms with Crippen LogP contribution in [-0.2, 0) is 0 Å². The Balaban J connectivity index is 2.06. The Kier molecular flexibility index (Phi) is 2.96. The molecule has 0 radical (unpaired) electrons. The molecule has 1 aliphatic rings. The molecule has 0 aromatic heterocycles. The lowest BCUT2D eigenvalue weighted by atomic mass is 9.70. The van der Waals surface area contributed by atoms with Gasteiger partial charge in [-0.1, -0.05) is 13.3 Å². The molecule has 0 saturated heterocycles. The van der Waals surface area contributed by atoms with E-state index < -0.39 is 5.91 Å². The molecule has 0 atom stereocenters. The van der Waals surface area contributed by atoms with E-state index in [1.54, 1.807) is 12.1 Å². The summed E-state index contributed by atoms with van der Waals surface area (Å²) in [5.41, 5.74) is 13.0. The Morgan fingerprint density at radius 1 is 1.47 bits per heavy atom. The first-order valence-electron chi connectivity index (χ1n) is 5.93. The van der Waals surface area contributed by atoms with Crippen LogP contribution < -0.4 is 16.8 Å². The molecule has 1 aliphatic carbocycles. The van der Waals surface area contributed by atoms with Crippen molar-refractivity contribution in [3.05, 3.63) is 23.8 Å². The van der Waals surface area contributed by atoms with Crippen LogP contribution in [0.1, 0.15) is 36.5 Å². The SMILES string of the molecule is CC1(CNc2ccc(N)c(C(N)=O)c2)CCC1. The second-order valence-electron chi connectivity index (χ2n) is 5.18. The van der Waals surface area contributed by atoms with E-state index in [9.17, 15) is 4.79 Å². The first-order chi connectivity index (χ1) is 8.00. The first kappa shape index (κ1) is 11.8. The van der Waals surface area contributed by atoms with Gasteiger partial charge < -0.3 is 16.8 Å². The molecule has 1 aromatic carbocycles. The zero-order valence-corrected chi connectivity index (χ0v) is 10.1. The fourth-order valence-corrected chi connectivity index (χ4v) is 2.15. The van der Waals surface area contributed by atoms with Crippen molar-refractivity contribution in [1.82, 2.24) is 0 Å². The number of anilines is 2. The lowest BCUT2D eigenvalue weighted by molar-refractivity contribution is 0.100. The van der Waals surface area contributed by atoms with Crippen molar-refractivity contribution in [2.45, 2.75) is 26.2 Å². The third kappa shape index (κ3) is 2.52. The zero-order valence-electron chi connectivity index (χ0n) is 10.1. The Morgan fingerprint density at radius 2 is 2.18 bits per heavy atom. The van der Waals surface area contributed by atoms with Crippen molar-refractivity contribution in [3.63, 3.8) is 0 Å². The van der Waals surface area contributed by atoms with Gasteiger partial charge in [-0.15, -0.1) is 0 Å². The van der Waals surface area contributed by atoms with Crippen LogP contribution in [0.4, 0.5) is 11.4 Å². The highest BCUT2D eigenvalue weighted by atomic mass is 16.1. The van der Waals surface area contributed by atoms with Crippen LogP contribution in [-0.4, -0.2) is 12.5 Å². The lowest BCUT2D eigenvalue weighted by Gasteiger charge is -2.38. The van der Waals surface area contributed by atoms with E-state index in [-0.39, 0.29) is 0 Å². The van der Waals surface area contributed by atoms with Crippen LogP contribution >= 0.6 is 0 Å². The molecule has 0 heterocycles. The van der Waals surface area contributed by atoms with Gasteiger partial charge in [0.2, 0.25) is 0 Å². The van der Waals surface area contributed by atoms with E-state index in [2.05, 4.69) is 12.2 Å². The number of carbonyl (C=O) groups is 1. The maximum Gasteiger partial charge on any atom is 0.250 e. The topological polar surface area (TPSA) is 81.1 Å². The highest BCUT2D eigenvalue weighted by Crippen LogP contribution is 2.40. The van der Waals surface area contributed by atoms with E-state index >= 15 is 0 Å². The number of benzene rings is 1. The van der Waals surface area contributed by atoms with Crippen LogP contribution in [0.15, 0.2) is 18.2 Å². The summed E-state index contributed by atoms with van der Waals surface area (Å²) in [5, 5.41) is 3.35. The Labute approximate surface area is 101 Å². The van der Waals surface area contributed by atoms with E-state index in [0.29, 0.717) is 16.7 Å². The van der Waals surface area contributed by atoms with Crippen LogP contribution in [0.3, 0.4) is 0 Å². The van der Waals surface area contributed by atoms with Crippen LogP contribution in [0.2, 0.25) is 0 Å². The maximum absolute atomic E-state index is 11.2. The zero-order chi connectivity index (χ0) is 12.5. The predicted molar refractivity (Wildman–Crippen MR) is 69.8 cm³/mol. The molecule has 92 valence electrons. The predicted octanol–water partition coefficient (Wildman–Crippen LogP) is 1.97. The molecule has 1 aromatic rings. The van der Waals surface area contributed by atoms with E-state index in [0.717, 1.165) is 12.2 Å². The number of nitrogens with one attached hydrogen (secondary N) is 1. The number of rotatable bonds is 4. The second-order valence-corrected chi connectivity index (χ2v) is 5.18. The van der Waals surface area contributed by atoms with Gasteiger partial charge >= 0.3 is 0 Å². The molecule has 4 heteroatoms. The number of nitrogen functional groups attached to an aromatic ring is 1. The molecular formula is C13H19N3O. The molecule has 1 fully saturated rings. The second kappa shape index (κ2) is 4.28. The number of carbonyl (C=O) groups excluding carboxylic acids is 1. The normalized spacial score (nSPS) is 17.2. The minimum Gasteiger partial charge on any atom is -0.398 e. The molecular weight excluding hydrogens is 214 g/mol. The Hall–Kier alpha value is -1.71. The lowest BCUT2D eigenvalue weighted by Crippen LogP contribution is -2.33. The van der Waals surface area contributed by atoms with Crippen molar-refractivity contribution in [2.24, 2.45) is 11.1 Å². The Morgan fingerprint density at radius 3 is 2.71 bits per heavy atom. The van der Waals surface area contributed by atoms with Gasteiger partial charge in [0.15, 0.2) is 0 Å². The fourth-order valence-electron chi connectivity index (χ4n) is 2.15. The van der Waals surface area contributed by atoms with Gasteiger partial charge in [0.05, 0.1) is 5.56 Å². The smallest absolute Gasteiger partial charge is 0.250 e. The van der Waals surface area contributed by atoms with Crippen LogP contribution in [0.5, 0.6) is 0 Å². The summed E-state index contributed by atoms with van der Waals surface area (Å²) < 4.78 is 0. The molecule has 1 saturated carbocycles. The summed E-state index contributed by atoms with van der Waals surface area (Å²) in [6, 6.07) is 5.31. The average Bonchev–Trinajstić information content (AvgIpc) is 2.25. The van der Waals surface area contributed by atoms with Crippen LogP contribution in [0.25, 0.3) is 0 Å². The number of hydrogen-bond acceptors (Lipinski definition) is 3. The number of amides is 1. The maximum atomic E-state index is 11.2. The molecule has 4 nitrogen and oxygen atoms in total. The average molecular weight is 233 g/mol. The molecule has 1 amide bonds. The van der Waals surface area contributed by atoms with E-state index in [1.165, 1.54) is 19.3 Å². The molecule has 0 spiro atoms. The number of hydrogen-bond donors (Lipinski definition) is 3. The summed E-state index contributed by atoms with van der Waals surface area (Å²) in [6.45, 7) is 3.20. The molecule has 0 unspecified atom stereocenters. The highest BCUT2D eigenvalue weighted by molar-refractivity contribution is 5.98. The molecule has 17 heavy (non-hydrogen) atoms. The number of primary amides is 1. The molecule has 5 N–H and O–H groups in total. The van der Waals surface area contributed by atoms with E-state index in [4.69, 9.17) is 11.5 Å². The van der Waals surface area contributed by atoms with Crippen molar-refractivity contribution >= 4 is 17.3 Å². The van der Waals surface area contributed by atoms with Crippen molar-refractivity contribution < 1.29 is 4.79 Å². The van der Waals surface area contributed by atoms with Gasteiger partial charge in [0, 0.05) is 17.9 Å². The first-order valence-corrected chi connectivity index (χ1v) is 5.93. The van der Waals surface area contributed by atoms with Crippen LogP contribution in [0, 0.1) is 5.41 Å². The summed E-state index contributed by atoms with van der Waals surface area (Å²) in [7, 11) is 0. The van der Waals surface area contributed by atoms with Crippen molar-refractivity contribution in [2.75, 3.05) is 17.6 Å². The van der Waals surface area contributed by atoms with Crippen molar-refractivity contribution in [3.8, 4) is 0 Å².